The largest absolute Gasteiger partial charge is 0.366 e. The van der Waals surface area contributed by atoms with Crippen LogP contribution in [0.1, 0.15) is 30.9 Å². The average molecular weight is 413 g/mol. The molecule has 2 heterocycles. The summed E-state index contributed by atoms with van der Waals surface area (Å²) in [6.45, 7) is 5.43. The molecule has 2 aromatic rings. The molecule has 150 valence electrons. The molecule has 0 N–H and O–H groups in total. The number of aryl methyl sites for hydroxylation is 1. The Morgan fingerprint density at radius 1 is 1.07 bits per heavy atom. The van der Waals surface area contributed by atoms with Gasteiger partial charge in [-0.2, -0.15) is 0 Å². The smallest absolute Gasteiger partial charge is 0.282 e. The first-order valence-electron chi connectivity index (χ1n) is 9.77. The summed E-state index contributed by atoms with van der Waals surface area (Å²) in [6.07, 6.45) is 2.05. The molecule has 2 aliphatic rings. The van der Waals surface area contributed by atoms with Gasteiger partial charge in [-0.25, -0.2) is 9.29 Å². The maximum Gasteiger partial charge on any atom is 0.282 e. The van der Waals surface area contributed by atoms with Gasteiger partial charge in [0.15, 0.2) is 0 Å². The number of likely N-dealkylation sites (tertiary alicyclic amines) is 1. The van der Waals surface area contributed by atoms with Crippen LogP contribution in [0.3, 0.4) is 0 Å². The van der Waals surface area contributed by atoms with Gasteiger partial charge >= 0.3 is 0 Å². The van der Waals surface area contributed by atoms with Crippen LogP contribution in [0, 0.1) is 18.7 Å². The number of piperidine rings is 1. The molecule has 0 aromatic heterocycles. The second-order valence-corrected chi connectivity index (χ2v) is 8.21. The molecule has 0 aliphatic carbocycles. The van der Waals surface area contributed by atoms with Crippen LogP contribution in [0.2, 0.25) is 5.02 Å². The number of hydrogen-bond donors (Lipinski definition) is 0. The van der Waals surface area contributed by atoms with Crippen molar-refractivity contribution in [2.24, 2.45) is 5.92 Å². The first-order valence-corrected chi connectivity index (χ1v) is 10.1. The normalized spacial score (nSPS) is 20.1. The summed E-state index contributed by atoms with van der Waals surface area (Å²) in [7, 11) is 0. The van der Waals surface area contributed by atoms with Crippen molar-refractivity contribution in [3.8, 4) is 0 Å². The van der Waals surface area contributed by atoms with E-state index in [4.69, 9.17) is 11.6 Å². The monoisotopic (exact) mass is 412 g/mol. The highest BCUT2D eigenvalue weighted by Crippen LogP contribution is 2.37. The minimum Gasteiger partial charge on any atom is -0.366 e. The fraction of sp³-hybridized carbons (Fsp3) is 0.304. The van der Waals surface area contributed by atoms with Gasteiger partial charge in [0.05, 0.1) is 11.3 Å². The van der Waals surface area contributed by atoms with E-state index in [1.807, 2.05) is 11.8 Å². The standard InChI is InChI=1S/C23H22ClFN2O2/c1-14-4-3-11-26(13-14)21-20(16-6-8-17(25)9-7-16)22(28)27(23(21)29)18-10-5-15(2)19(24)12-18/h5-10,12,14H,3-4,11,13H2,1-2H3. The molecule has 0 saturated carbocycles. The van der Waals surface area contributed by atoms with E-state index in [1.165, 1.54) is 17.0 Å². The van der Waals surface area contributed by atoms with E-state index in [0.29, 0.717) is 46.6 Å². The van der Waals surface area contributed by atoms with Crippen LogP contribution in [0.15, 0.2) is 48.2 Å². The molecule has 1 saturated heterocycles. The van der Waals surface area contributed by atoms with Crippen molar-refractivity contribution in [1.82, 2.24) is 4.90 Å². The van der Waals surface area contributed by atoms with E-state index in [0.717, 1.165) is 18.4 Å². The predicted molar refractivity (Wildman–Crippen MR) is 112 cm³/mol. The quantitative estimate of drug-likeness (QED) is 0.679. The van der Waals surface area contributed by atoms with Gasteiger partial charge < -0.3 is 4.90 Å². The van der Waals surface area contributed by atoms with Gasteiger partial charge in [0.25, 0.3) is 11.8 Å². The van der Waals surface area contributed by atoms with Gasteiger partial charge in [0.2, 0.25) is 0 Å². The number of carbonyl (C=O) groups is 2. The molecule has 1 fully saturated rings. The van der Waals surface area contributed by atoms with Crippen LogP contribution in [0.5, 0.6) is 0 Å². The van der Waals surface area contributed by atoms with E-state index >= 15 is 0 Å². The number of amides is 2. The van der Waals surface area contributed by atoms with E-state index in [-0.39, 0.29) is 11.7 Å². The number of halogens is 2. The number of anilines is 1. The lowest BCUT2D eigenvalue weighted by molar-refractivity contribution is -0.120. The Balaban J connectivity index is 1.83. The molecule has 2 amide bonds. The number of hydrogen-bond acceptors (Lipinski definition) is 3. The SMILES string of the molecule is Cc1ccc(N2C(=O)C(c3ccc(F)cc3)=C(N3CCCC(C)C3)C2=O)cc1Cl. The highest BCUT2D eigenvalue weighted by molar-refractivity contribution is 6.45. The Morgan fingerprint density at radius 3 is 2.45 bits per heavy atom. The molecular weight excluding hydrogens is 391 g/mol. The first kappa shape index (κ1) is 19.6. The van der Waals surface area contributed by atoms with Gasteiger partial charge in [-0.1, -0.05) is 36.7 Å². The second kappa shape index (κ2) is 7.64. The molecule has 29 heavy (non-hydrogen) atoms. The van der Waals surface area contributed by atoms with Gasteiger partial charge in [0.1, 0.15) is 11.5 Å². The second-order valence-electron chi connectivity index (χ2n) is 7.80. The number of imide groups is 1. The van der Waals surface area contributed by atoms with Crippen LogP contribution in [-0.2, 0) is 9.59 Å². The van der Waals surface area contributed by atoms with E-state index in [2.05, 4.69) is 6.92 Å². The Morgan fingerprint density at radius 2 is 1.79 bits per heavy atom. The third-order valence-corrected chi connectivity index (χ3v) is 5.99. The summed E-state index contributed by atoms with van der Waals surface area (Å²) in [5.74, 6) is -0.726. The average Bonchev–Trinajstić information content (AvgIpc) is 2.95. The summed E-state index contributed by atoms with van der Waals surface area (Å²) in [6, 6.07) is 10.9. The van der Waals surface area contributed by atoms with E-state index in [1.54, 1.807) is 30.3 Å². The third-order valence-electron chi connectivity index (χ3n) is 5.58. The van der Waals surface area contributed by atoms with Crippen LogP contribution in [0.4, 0.5) is 10.1 Å². The fourth-order valence-corrected chi connectivity index (χ4v) is 4.21. The van der Waals surface area contributed by atoms with Crippen molar-refractivity contribution in [3.63, 3.8) is 0 Å². The van der Waals surface area contributed by atoms with Gasteiger partial charge in [-0.05, 0) is 61.1 Å². The number of rotatable bonds is 3. The molecule has 0 bridgehead atoms. The van der Waals surface area contributed by atoms with Crippen molar-refractivity contribution < 1.29 is 14.0 Å². The maximum atomic E-state index is 13.5. The van der Waals surface area contributed by atoms with Gasteiger partial charge in [-0.15, -0.1) is 0 Å². The summed E-state index contributed by atoms with van der Waals surface area (Å²) in [5, 5.41) is 0.492. The third kappa shape index (κ3) is 3.55. The van der Waals surface area contributed by atoms with Crippen molar-refractivity contribution in [2.75, 3.05) is 18.0 Å². The van der Waals surface area contributed by atoms with E-state index < -0.39 is 5.91 Å². The zero-order chi connectivity index (χ0) is 20.7. The summed E-state index contributed by atoms with van der Waals surface area (Å²) < 4.78 is 13.5. The highest BCUT2D eigenvalue weighted by atomic mass is 35.5. The molecule has 1 atom stereocenters. The molecule has 2 aromatic carbocycles. The van der Waals surface area contributed by atoms with Crippen molar-refractivity contribution in [3.05, 3.63) is 70.1 Å². The molecule has 4 rings (SSSR count). The number of nitrogens with zero attached hydrogens (tertiary/aromatic N) is 2. The van der Waals surface area contributed by atoms with Gasteiger partial charge in [0, 0.05) is 18.1 Å². The number of carbonyl (C=O) groups excluding carboxylic acids is 2. The summed E-state index contributed by atoms with van der Waals surface area (Å²) in [5.41, 5.74) is 2.56. The predicted octanol–water partition coefficient (Wildman–Crippen LogP) is 4.80. The molecule has 1 unspecified atom stereocenters. The first-order chi connectivity index (χ1) is 13.9. The van der Waals surface area contributed by atoms with Crippen LogP contribution < -0.4 is 4.90 Å². The Bertz CT molecular complexity index is 1020. The highest BCUT2D eigenvalue weighted by Gasteiger charge is 2.43. The molecule has 4 nitrogen and oxygen atoms in total. The minimum absolute atomic E-state index is 0.320. The molecular formula is C23H22ClFN2O2. The van der Waals surface area contributed by atoms with E-state index in [9.17, 15) is 14.0 Å². The zero-order valence-corrected chi connectivity index (χ0v) is 17.2. The molecule has 0 radical (unpaired) electrons. The summed E-state index contributed by atoms with van der Waals surface area (Å²) >= 11 is 6.25. The fourth-order valence-electron chi connectivity index (χ4n) is 4.04. The Kier molecular flexibility index (Phi) is 5.17. The van der Waals surface area contributed by atoms with Crippen molar-refractivity contribution >= 4 is 34.7 Å². The topological polar surface area (TPSA) is 40.6 Å². The lowest BCUT2D eigenvalue weighted by atomic mass is 9.98. The lowest BCUT2D eigenvalue weighted by Crippen LogP contribution is -2.39. The Labute approximate surface area is 174 Å². The van der Waals surface area contributed by atoms with Gasteiger partial charge in [-0.3, -0.25) is 9.59 Å². The number of benzene rings is 2. The maximum absolute atomic E-state index is 13.5. The minimum atomic E-state index is -0.408. The Hall–Kier alpha value is -2.66. The molecule has 0 spiro atoms. The van der Waals surface area contributed by atoms with Crippen molar-refractivity contribution in [2.45, 2.75) is 26.7 Å². The lowest BCUT2D eigenvalue weighted by Gasteiger charge is -2.33. The zero-order valence-electron chi connectivity index (χ0n) is 16.4. The molecule has 2 aliphatic heterocycles. The van der Waals surface area contributed by atoms with Crippen LogP contribution in [0.25, 0.3) is 5.57 Å². The summed E-state index contributed by atoms with van der Waals surface area (Å²) in [4.78, 5) is 30.1. The van der Waals surface area contributed by atoms with Crippen molar-refractivity contribution in [1.29, 1.82) is 0 Å². The van der Waals surface area contributed by atoms with Crippen LogP contribution >= 0.6 is 11.6 Å². The molecule has 6 heteroatoms. The van der Waals surface area contributed by atoms with Crippen LogP contribution in [-0.4, -0.2) is 29.8 Å².